The van der Waals surface area contributed by atoms with Crippen molar-refractivity contribution in [1.82, 2.24) is 0 Å². The lowest BCUT2D eigenvalue weighted by atomic mass is 9.86. The van der Waals surface area contributed by atoms with Crippen LogP contribution in [0.3, 0.4) is 0 Å². The van der Waals surface area contributed by atoms with Crippen molar-refractivity contribution in [1.29, 1.82) is 0 Å². The summed E-state index contributed by atoms with van der Waals surface area (Å²) in [4.78, 5) is 0. The Balaban J connectivity index is 4.27. The lowest BCUT2D eigenvalue weighted by Crippen LogP contribution is -2.07. The molecule has 0 aromatic heterocycles. The number of ether oxygens (including phenoxy) is 1. The number of hydrogen-bond donors (Lipinski definition) is 2. The van der Waals surface area contributed by atoms with Crippen LogP contribution in [0, 0.1) is 0 Å². The smallest absolute Gasteiger partial charge is 0.427 e. The second-order valence-corrected chi connectivity index (χ2v) is 2.87. The lowest BCUT2D eigenvalue weighted by Gasteiger charge is -2.01. The van der Waals surface area contributed by atoms with Crippen molar-refractivity contribution in [3.8, 4) is 0 Å². The number of rotatable bonds is 7. The van der Waals surface area contributed by atoms with E-state index in [-0.39, 0.29) is 6.32 Å². The molecule has 0 saturated carbocycles. The van der Waals surface area contributed by atoms with E-state index in [2.05, 4.69) is 6.58 Å². The van der Waals surface area contributed by atoms with E-state index in [1.807, 2.05) is 6.92 Å². The highest BCUT2D eigenvalue weighted by Crippen LogP contribution is 2.07. The molecule has 0 amide bonds. The summed E-state index contributed by atoms with van der Waals surface area (Å²) >= 11 is 0. The van der Waals surface area contributed by atoms with Crippen LogP contribution in [-0.2, 0) is 4.74 Å². The molecule has 3 nitrogen and oxygen atoms in total. The fourth-order valence-corrected chi connectivity index (χ4v) is 0.833. The fourth-order valence-electron chi connectivity index (χ4n) is 0.833. The van der Waals surface area contributed by atoms with E-state index in [9.17, 15) is 4.39 Å². The van der Waals surface area contributed by atoms with Crippen LogP contribution in [0.15, 0.2) is 36.2 Å². The van der Waals surface area contributed by atoms with Crippen molar-refractivity contribution in [3.05, 3.63) is 36.2 Å². The van der Waals surface area contributed by atoms with Gasteiger partial charge in [0, 0.05) is 12.9 Å². The molecule has 15 heavy (non-hydrogen) atoms. The van der Waals surface area contributed by atoms with Crippen molar-refractivity contribution in [2.75, 3.05) is 13.2 Å². The highest BCUT2D eigenvalue weighted by atomic mass is 19.1. The second-order valence-electron chi connectivity index (χ2n) is 2.87. The van der Waals surface area contributed by atoms with Crippen molar-refractivity contribution in [2.45, 2.75) is 13.2 Å². The Labute approximate surface area is 89.7 Å². The van der Waals surface area contributed by atoms with Gasteiger partial charge in [0.25, 0.3) is 0 Å². The van der Waals surface area contributed by atoms with Gasteiger partial charge in [-0.1, -0.05) is 18.7 Å². The van der Waals surface area contributed by atoms with E-state index in [1.165, 1.54) is 12.2 Å². The first-order valence-electron chi connectivity index (χ1n) is 4.72. The molecule has 0 heterocycles. The van der Waals surface area contributed by atoms with Crippen molar-refractivity contribution >= 4 is 7.12 Å². The Morgan fingerprint density at radius 3 is 2.67 bits per heavy atom. The summed E-state index contributed by atoms with van der Waals surface area (Å²) in [5.41, 5.74) is 0.609. The van der Waals surface area contributed by atoms with Gasteiger partial charge in [-0.05, 0) is 18.6 Å². The molecule has 0 rings (SSSR count). The van der Waals surface area contributed by atoms with E-state index in [4.69, 9.17) is 14.8 Å². The quantitative estimate of drug-likeness (QED) is 0.498. The van der Waals surface area contributed by atoms with Crippen LogP contribution in [0.1, 0.15) is 6.92 Å². The zero-order valence-electron chi connectivity index (χ0n) is 8.82. The number of allylic oxidation sites excluding steroid dienone is 3. The van der Waals surface area contributed by atoms with Gasteiger partial charge in [-0.15, -0.1) is 0 Å². The maximum atomic E-state index is 13.1. The van der Waals surface area contributed by atoms with E-state index in [0.717, 1.165) is 6.08 Å². The zero-order chi connectivity index (χ0) is 11.7. The molecule has 0 bridgehead atoms. The molecule has 0 atom stereocenters. The predicted molar refractivity (Wildman–Crippen MR) is 59.0 cm³/mol. The lowest BCUT2D eigenvalue weighted by molar-refractivity contribution is 0.173. The molecular formula is C10H16BFO3. The summed E-state index contributed by atoms with van der Waals surface area (Å²) < 4.78 is 18.2. The van der Waals surface area contributed by atoms with Gasteiger partial charge in [0.05, 0.1) is 6.61 Å². The van der Waals surface area contributed by atoms with Crippen LogP contribution >= 0.6 is 0 Å². The van der Waals surface area contributed by atoms with Crippen LogP contribution in [0.5, 0.6) is 0 Å². The third-order valence-corrected chi connectivity index (χ3v) is 1.58. The molecule has 0 spiro atoms. The van der Waals surface area contributed by atoms with E-state index in [0.29, 0.717) is 18.8 Å². The van der Waals surface area contributed by atoms with Gasteiger partial charge in [-0.25, -0.2) is 4.39 Å². The standard InChI is InChI=1S/C10H16BFO3/c1-3-9(8-15-4-2)7-10(12)5-6-11(13)14/h3,5,7,13-14H,1,4,6,8H2,2H3/b9-7+,10-5+. The molecule has 0 saturated heterocycles. The Bertz CT molecular complexity index is 249. The van der Waals surface area contributed by atoms with Crippen LogP contribution < -0.4 is 0 Å². The highest BCUT2D eigenvalue weighted by molar-refractivity contribution is 6.41. The van der Waals surface area contributed by atoms with Gasteiger partial charge in [0.1, 0.15) is 5.83 Å². The minimum absolute atomic E-state index is 0.138. The van der Waals surface area contributed by atoms with E-state index in [1.54, 1.807) is 0 Å². The molecule has 0 radical (unpaired) electrons. The first-order chi connectivity index (χ1) is 7.10. The molecule has 0 aliphatic rings. The van der Waals surface area contributed by atoms with Gasteiger partial charge in [0.15, 0.2) is 0 Å². The average Bonchev–Trinajstić information content (AvgIpc) is 2.21. The molecule has 0 unspecified atom stereocenters. The number of halogens is 1. The molecule has 0 aliphatic carbocycles. The molecule has 0 aromatic carbocycles. The first kappa shape index (κ1) is 14.1. The van der Waals surface area contributed by atoms with Gasteiger partial charge < -0.3 is 14.8 Å². The molecular weight excluding hydrogens is 198 g/mol. The minimum Gasteiger partial charge on any atom is -0.427 e. The van der Waals surface area contributed by atoms with Crippen molar-refractivity contribution in [3.63, 3.8) is 0 Å². The predicted octanol–water partition coefficient (Wildman–Crippen LogP) is 1.46. The summed E-state index contributed by atoms with van der Waals surface area (Å²) in [7, 11) is -1.52. The third kappa shape index (κ3) is 8.11. The van der Waals surface area contributed by atoms with Gasteiger partial charge in [0.2, 0.25) is 0 Å². The molecule has 2 N–H and O–H groups in total. The fraction of sp³-hybridized carbons (Fsp3) is 0.400. The summed E-state index contributed by atoms with van der Waals surface area (Å²) in [6.45, 7) is 6.21. The van der Waals surface area contributed by atoms with Crippen LogP contribution in [0.25, 0.3) is 0 Å². The van der Waals surface area contributed by atoms with Gasteiger partial charge in [-0.3, -0.25) is 0 Å². The Kier molecular flexibility index (Phi) is 7.90. The molecule has 5 heteroatoms. The largest absolute Gasteiger partial charge is 0.455 e. The summed E-state index contributed by atoms with van der Waals surface area (Å²) in [6, 6.07) is 0. The van der Waals surface area contributed by atoms with Crippen LogP contribution in [-0.4, -0.2) is 30.4 Å². The summed E-state index contributed by atoms with van der Waals surface area (Å²) in [6.07, 6.45) is 3.71. The van der Waals surface area contributed by atoms with Crippen LogP contribution in [0.4, 0.5) is 4.39 Å². The highest BCUT2D eigenvalue weighted by Gasteiger charge is 2.03. The topological polar surface area (TPSA) is 49.7 Å². The van der Waals surface area contributed by atoms with Gasteiger partial charge >= 0.3 is 7.12 Å². The van der Waals surface area contributed by atoms with Crippen molar-refractivity contribution in [2.24, 2.45) is 0 Å². The Hall–Kier alpha value is -0.905. The normalized spacial score (nSPS) is 12.8. The molecule has 0 aliphatic heterocycles. The minimum atomic E-state index is -1.52. The van der Waals surface area contributed by atoms with E-state index < -0.39 is 12.9 Å². The van der Waals surface area contributed by atoms with E-state index >= 15 is 0 Å². The molecule has 0 aromatic rings. The molecule has 84 valence electrons. The maximum Gasteiger partial charge on any atom is 0.455 e. The Morgan fingerprint density at radius 2 is 2.20 bits per heavy atom. The second kappa shape index (κ2) is 8.41. The van der Waals surface area contributed by atoms with Crippen molar-refractivity contribution < 1.29 is 19.2 Å². The summed E-state index contributed by atoms with van der Waals surface area (Å²) in [5, 5.41) is 17.0. The monoisotopic (exact) mass is 214 g/mol. The van der Waals surface area contributed by atoms with Gasteiger partial charge in [-0.2, -0.15) is 0 Å². The first-order valence-corrected chi connectivity index (χ1v) is 4.72. The molecule has 0 fully saturated rings. The Morgan fingerprint density at radius 1 is 1.53 bits per heavy atom. The third-order valence-electron chi connectivity index (χ3n) is 1.58. The summed E-state index contributed by atoms with van der Waals surface area (Å²) in [5.74, 6) is -0.530. The number of hydrogen-bond acceptors (Lipinski definition) is 3. The zero-order valence-corrected chi connectivity index (χ0v) is 8.82. The maximum absolute atomic E-state index is 13.1. The van der Waals surface area contributed by atoms with Crippen LogP contribution in [0.2, 0.25) is 6.32 Å². The average molecular weight is 214 g/mol. The SMILES string of the molecule is C=C/C(=C\C(F)=C/CB(O)O)COCC.